The number of rotatable bonds is 8. The molecule has 2 aromatic carbocycles. The summed E-state index contributed by atoms with van der Waals surface area (Å²) in [6.07, 6.45) is 8.42. The van der Waals surface area contributed by atoms with E-state index in [0.29, 0.717) is 54.8 Å². The lowest BCUT2D eigenvalue weighted by Crippen LogP contribution is -2.58. The van der Waals surface area contributed by atoms with Gasteiger partial charge in [0.1, 0.15) is 48.0 Å². The van der Waals surface area contributed by atoms with Crippen LogP contribution in [0.2, 0.25) is 0 Å². The largest absolute Gasteiger partial charge is 0.519 e. The first-order valence-corrected chi connectivity index (χ1v) is 18.9. The van der Waals surface area contributed by atoms with Crippen LogP contribution in [-0.4, -0.2) is 76.4 Å². The smallest absolute Gasteiger partial charge is 0.485 e. The van der Waals surface area contributed by atoms with E-state index in [0.717, 1.165) is 25.8 Å². The lowest BCUT2D eigenvalue weighted by molar-refractivity contribution is 0.107. The molecule has 1 N–H and O–H groups in total. The Hall–Kier alpha value is -5.13. The molecule has 0 unspecified atom stereocenters. The van der Waals surface area contributed by atoms with Crippen molar-refractivity contribution in [1.29, 1.82) is 0 Å². The number of piperazine rings is 1. The number of benzene rings is 2. The summed E-state index contributed by atoms with van der Waals surface area (Å²) in [5.74, 6) is 1.53. The van der Waals surface area contributed by atoms with Crippen LogP contribution >= 0.6 is 0 Å². The Bertz CT molecular complexity index is 2450. The van der Waals surface area contributed by atoms with Gasteiger partial charge in [-0.2, -0.15) is 9.97 Å². The molecule has 0 aliphatic carbocycles. The number of pyridine rings is 1. The third-order valence-electron chi connectivity index (χ3n) is 12.1. The summed E-state index contributed by atoms with van der Waals surface area (Å²) in [5, 5.41) is 4.92. The second-order valence-electron chi connectivity index (χ2n) is 15.4. The van der Waals surface area contributed by atoms with Crippen LogP contribution in [0.4, 0.5) is 19.0 Å². The summed E-state index contributed by atoms with van der Waals surface area (Å²) >= 11 is 0. The molecule has 0 bridgehead atoms. The van der Waals surface area contributed by atoms with Crippen LogP contribution in [0.1, 0.15) is 62.3 Å². The molecule has 3 aromatic heterocycles. The van der Waals surface area contributed by atoms with Crippen molar-refractivity contribution in [3.05, 3.63) is 69.3 Å². The third kappa shape index (κ3) is 5.99. The summed E-state index contributed by atoms with van der Waals surface area (Å²) in [4.78, 5) is 30.8. The molecule has 11 nitrogen and oxygen atoms in total. The highest BCUT2D eigenvalue weighted by Crippen LogP contribution is 2.44. The summed E-state index contributed by atoms with van der Waals surface area (Å²) in [6, 6.07) is 6.21. The zero-order valence-corrected chi connectivity index (χ0v) is 30.9. The van der Waals surface area contributed by atoms with E-state index >= 15 is 8.78 Å². The lowest BCUT2D eigenvalue weighted by atomic mass is 9.92. The molecule has 3 saturated heterocycles. The zero-order valence-electron chi connectivity index (χ0n) is 30.9. The molecule has 5 atom stereocenters. The molecule has 55 heavy (non-hydrogen) atoms. The van der Waals surface area contributed by atoms with Gasteiger partial charge in [0.05, 0.1) is 22.2 Å². The molecule has 286 valence electrons. The van der Waals surface area contributed by atoms with Crippen LogP contribution in [0.25, 0.3) is 32.9 Å². The SMILES string of the molecule is C#Cc1c(F)ccc2cc(OCc3oc(=O)oc3C)cc(-c3nc4c5c(nc(OC[C@@]67CCCN6C[C@H](F)C7)nc5c3F)N3C[C@@H](CC)NC[C@@H]3[C@@H](C)C4)c12. The number of alkyl halides is 1. The fraction of sp³-hybridized carbons (Fsp3) is 0.463. The molecule has 0 amide bonds. The number of terminal acetylenes is 1. The van der Waals surface area contributed by atoms with Crippen LogP contribution in [0, 0.1) is 36.8 Å². The molecule has 7 heterocycles. The van der Waals surface area contributed by atoms with Crippen LogP contribution < -0.4 is 25.5 Å². The Morgan fingerprint density at radius 2 is 1.98 bits per heavy atom. The molecule has 14 heteroatoms. The first kappa shape index (κ1) is 35.6. The molecule has 0 spiro atoms. The van der Waals surface area contributed by atoms with Crippen LogP contribution in [0.15, 0.2) is 37.9 Å². The van der Waals surface area contributed by atoms with Crippen molar-refractivity contribution >= 4 is 27.5 Å². The van der Waals surface area contributed by atoms with Crippen molar-refractivity contribution in [2.45, 2.75) is 83.3 Å². The highest BCUT2D eigenvalue weighted by molar-refractivity contribution is 6.03. The molecule has 9 rings (SSSR count). The van der Waals surface area contributed by atoms with Gasteiger partial charge in [-0.05, 0) is 68.7 Å². The zero-order chi connectivity index (χ0) is 38.2. The van der Waals surface area contributed by atoms with E-state index in [1.165, 1.54) is 6.07 Å². The number of hydrogen-bond acceptors (Lipinski definition) is 11. The van der Waals surface area contributed by atoms with Gasteiger partial charge in [0.25, 0.3) is 0 Å². The number of aryl methyl sites for hydroxylation is 1. The van der Waals surface area contributed by atoms with Gasteiger partial charge in [0.15, 0.2) is 17.3 Å². The predicted octanol–water partition coefficient (Wildman–Crippen LogP) is 6.24. The highest BCUT2D eigenvalue weighted by atomic mass is 19.1. The Balaban J connectivity index is 1.23. The van der Waals surface area contributed by atoms with E-state index in [4.69, 9.17) is 39.7 Å². The third-order valence-corrected chi connectivity index (χ3v) is 12.1. The molecule has 0 radical (unpaired) electrons. The number of halogens is 3. The summed E-state index contributed by atoms with van der Waals surface area (Å²) in [7, 11) is 0. The fourth-order valence-electron chi connectivity index (χ4n) is 9.23. The average Bonchev–Trinajstić information content (AvgIpc) is 3.80. The predicted molar refractivity (Wildman–Crippen MR) is 199 cm³/mol. The van der Waals surface area contributed by atoms with Crippen molar-refractivity contribution < 1.29 is 31.5 Å². The van der Waals surface area contributed by atoms with Gasteiger partial charge in [0, 0.05) is 49.1 Å². The maximum absolute atomic E-state index is 17.6. The quantitative estimate of drug-likeness (QED) is 0.181. The van der Waals surface area contributed by atoms with Gasteiger partial charge in [-0.15, -0.1) is 6.42 Å². The molecule has 4 aliphatic heterocycles. The number of ether oxygens (including phenoxy) is 2. The number of fused-ring (bicyclic) bond motifs is 4. The van der Waals surface area contributed by atoms with Crippen LogP contribution in [0.5, 0.6) is 11.8 Å². The summed E-state index contributed by atoms with van der Waals surface area (Å²) in [6.45, 7) is 8.37. The first-order chi connectivity index (χ1) is 26.6. The van der Waals surface area contributed by atoms with Gasteiger partial charge in [-0.3, -0.25) is 4.90 Å². The monoisotopic (exact) mass is 754 g/mol. The van der Waals surface area contributed by atoms with Gasteiger partial charge < -0.3 is 28.5 Å². The first-order valence-electron chi connectivity index (χ1n) is 18.9. The van der Waals surface area contributed by atoms with Gasteiger partial charge in [-0.1, -0.05) is 25.8 Å². The number of aromatic nitrogens is 3. The van der Waals surface area contributed by atoms with E-state index < -0.39 is 29.2 Å². The minimum absolute atomic E-state index is 0.00203. The van der Waals surface area contributed by atoms with E-state index in [9.17, 15) is 9.18 Å². The minimum atomic E-state index is -0.941. The number of nitrogens with one attached hydrogen (secondary N) is 1. The standard InChI is InChI=1S/C41H41F3N6O5/c1-5-25-18-50-31(16-45-25)21(3)12-30-34-37(47-39(48-38(34)50)53-20-41-10-7-11-49(41)17-24(42)15-41)35(44)36(46-30)28-14-26(52-19-32-22(4)54-40(51)55-32)13-23-8-9-29(43)27(6-2)33(23)28/h2,8-9,13-14,21,24-25,31,45H,5,7,10-12,15-20H2,1,3-4H3/t21-,24+,25+,31+,41-/m0/s1. The normalized spacial score (nSPS) is 24.9. The van der Waals surface area contributed by atoms with Crippen molar-refractivity contribution in [2.75, 3.05) is 37.7 Å². The average molecular weight is 755 g/mol. The number of nitrogens with zero attached hydrogens (tertiary/aromatic N) is 5. The molecule has 5 aromatic rings. The topological polar surface area (TPSA) is 119 Å². The van der Waals surface area contributed by atoms with Crippen molar-refractivity contribution in [3.8, 4) is 35.4 Å². The molecule has 4 aliphatic rings. The summed E-state index contributed by atoms with van der Waals surface area (Å²) in [5.41, 5.74) is 0.199. The van der Waals surface area contributed by atoms with Gasteiger partial charge in [-0.25, -0.2) is 22.9 Å². The van der Waals surface area contributed by atoms with E-state index in [1.807, 2.05) is 0 Å². The minimum Gasteiger partial charge on any atom is -0.485 e. The molecular formula is C41H41F3N6O5. The van der Waals surface area contributed by atoms with Crippen molar-refractivity contribution in [1.82, 2.24) is 25.2 Å². The van der Waals surface area contributed by atoms with E-state index in [2.05, 4.69) is 34.9 Å². The second kappa shape index (κ2) is 13.6. The van der Waals surface area contributed by atoms with Gasteiger partial charge >= 0.3 is 11.8 Å². The van der Waals surface area contributed by atoms with Crippen molar-refractivity contribution in [3.63, 3.8) is 0 Å². The van der Waals surface area contributed by atoms with Gasteiger partial charge in [0.2, 0.25) is 0 Å². The van der Waals surface area contributed by atoms with E-state index in [-0.39, 0.29) is 82.2 Å². The Morgan fingerprint density at radius 3 is 2.76 bits per heavy atom. The maximum atomic E-state index is 17.6. The van der Waals surface area contributed by atoms with E-state index in [1.54, 1.807) is 25.1 Å². The molecule has 0 saturated carbocycles. The van der Waals surface area contributed by atoms with Crippen molar-refractivity contribution in [2.24, 2.45) is 5.92 Å². The van der Waals surface area contributed by atoms with Crippen LogP contribution in [-0.2, 0) is 13.0 Å². The fourth-order valence-corrected chi connectivity index (χ4v) is 9.23. The highest BCUT2D eigenvalue weighted by Gasteiger charge is 2.49. The second-order valence-corrected chi connectivity index (χ2v) is 15.4. The molecule has 3 fully saturated rings. The Labute approximate surface area is 315 Å². The molecular weight excluding hydrogens is 713 g/mol. The van der Waals surface area contributed by atoms with Crippen LogP contribution in [0.3, 0.4) is 0 Å². The lowest BCUT2D eigenvalue weighted by Gasteiger charge is -2.42. The number of anilines is 1. The summed E-state index contributed by atoms with van der Waals surface area (Å²) < 4.78 is 70.3. The maximum Gasteiger partial charge on any atom is 0.519 e. The number of hydrogen-bond donors (Lipinski definition) is 1. The Morgan fingerprint density at radius 1 is 1.13 bits per heavy atom. The Kier molecular flexibility index (Phi) is 8.77.